The fourth-order valence-corrected chi connectivity index (χ4v) is 19.6. The van der Waals surface area contributed by atoms with Gasteiger partial charge >= 0.3 is 0 Å². The number of ether oxygens (including phenoxy) is 2. The molecule has 8 aromatic rings. The van der Waals surface area contributed by atoms with E-state index in [4.69, 9.17) is 9.47 Å². The fourth-order valence-electron chi connectivity index (χ4n) is 13.4. The van der Waals surface area contributed by atoms with Crippen LogP contribution in [-0.4, -0.2) is 41.6 Å². The van der Waals surface area contributed by atoms with Crippen LogP contribution in [0.5, 0.6) is 0 Å². The molecule has 0 radical (unpaired) electrons. The highest BCUT2D eigenvalue weighted by Crippen LogP contribution is 2.59. The Morgan fingerprint density at radius 3 is 1.58 bits per heavy atom. The van der Waals surface area contributed by atoms with Crippen molar-refractivity contribution in [1.82, 2.24) is 9.13 Å². The summed E-state index contributed by atoms with van der Waals surface area (Å²) in [5.74, 6) is 0. The van der Waals surface area contributed by atoms with Crippen LogP contribution >= 0.6 is 0 Å². The summed E-state index contributed by atoms with van der Waals surface area (Å²) in [6, 6.07) is 48.2. The van der Waals surface area contributed by atoms with E-state index >= 15 is 0 Å². The maximum Gasteiger partial charge on any atom is 0.0752 e. The van der Waals surface area contributed by atoms with Crippen molar-refractivity contribution < 1.29 is 9.47 Å². The van der Waals surface area contributed by atoms with Gasteiger partial charge in [-0.1, -0.05) is 147 Å². The van der Waals surface area contributed by atoms with Gasteiger partial charge in [-0.2, -0.15) is 0 Å². The largest absolute Gasteiger partial charge is 0.376 e. The molecule has 10 rings (SSSR count). The minimum Gasteiger partial charge on any atom is -0.376 e. The SMILES string of the molecule is CC1=Cc2c(-c3ccc4c(c3)c3ccccc3n4C)cccc2C1[Si](C)(CCCCCCOC(C)(C)C)C1C(C)=C(CCCCCCOC(C)(C)C)c2c(-c3ccc4c(c3)c3ccccc3n4C)cccc21. The molecule has 2 aliphatic carbocycles. The van der Waals surface area contributed by atoms with Crippen LogP contribution in [0.3, 0.4) is 0 Å². The number of nitrogens with zero attached hydrogens (tertiary/aromatic N) is 2. The van der Waals surface area contributed by atoms with Crippen LogP contribution in [0.1, 0.15) is 147 Å². The molecule has 2 aromatic heterocycles. The van der Waals surface area contributed by atoms with Crippen LogP contribution in [0.25, 0.3) is 77.5 Å². The molecule has 0 fully saturated rings. The van der Waals surface area contributed by atoms with Crippen LogP contribution in [0.4, 0.5) is 0 Å². The topological polar surface area (TPSA) is 28.3 Å². The average molecular weight is 973 g/mol. The minimum absolute atomic E-state index is 0.0894. The maximum absolute atomic E-state index is 6.20. The van der Waals surface area contributed by atoms with Crippen LogP contribution < -0.4 is 0 Å². The van der Waals surface area contributed by atoms with Gasteiger partial charge in [-0.15, -0.1) is 0 Å². The molecule has 0 spiro atoms. The number of hydrogen-bond donors (Lipinski definition) is 0. The van der Waals surface area contributed by atoms with Crippen molar-refractivity contribution >= 4 is 63.3 Å². The predicted molar refractivity (Wildman–Crippen MR) is 313 cm³/mol. The average Bonchev–Trinajstić information content (AvgIpc) is 4.05. The van der Waals surface area contributed by atoms with Gasteiger partial charge in [0.1, 0.15) is 0 Å². The molecule has 0 N–H and O–H groups in total. The normalized spacial score (nSPS) is 16.9. The van der Waals surface area contributed by atoms with Gasteiger partial charge < -0.3 is 18.6 Å². The molecule has 374 valence electrons. The molecule has 4 nitrogen and oxygen atoms in total. The van der Waals surface area contributed by atoms with Crippen LogP contribution in [-0.2, 0) is 23.6 Å². The van der Waals surface area contributed by atoms with Crippen molar-refractivity contribution in [2.24, 2.45) is 14.1 Å². The van der Waals surface area contributed by atoms with E-state index in [1.165, 1.54) is 122 Å². The van der Waals surface area contributed by atoms with E-state index in [2.05, 4.69) is 213 Å². The molecular formula is C67H80N2O2Si. The highest BCUT2D eigenvalue weighted by Gasteiger charge is 2.51. The van der Waals surface area contributed by atoms with Gasteiger partial charge in [0.25, 0.3) is 0 Å². The number of fused-ring (bicyclic) bond motifs is 8. The zero-order chi connectivity index (χ0) is 50.5. The summed E-state index contributed by atoms with van der Waals surface area (Å²) in [6.45, 7) is 22.6. The molecule has 0 aliphatic heterocycles. The quantitative estimate of drug-likeness (QED) is 0.0633. The van der Waals surface area contributed by atoms with E-state index in [1.54, 1.807) is 27.8 Å². The lowest BCUT2D eigenvalue weighted by molar-refractivity contribution is -0.00508. The molecule has 6 aromatic carbocycles. The first kappa shape index (κ1) is 50.1. The Labute approximate surface area is 432 Å². The molecule has 2 heterocycles. The Morgan fingerprint density at radius 1 is 0.500 bits per heavy atom. The molecule has 3 unspecified atom stereocenters. The summed E-state index contributed by atoms with van der Waals surface area (Å²) in [4.78, 5) is 0. The van der Waals surface area contributed by atoms with Gasteiger partial charge in [-0.3, -0.25) is 0 Å². The summed E-state index contributed by atoms with van der Waals surface area (Å²) >= 11 is 0. The molecular weight excluding hydrogens is 893 g/mol. The van der Waals surface area contributed by atoms with Gasteiger partial charge in [-0.05, 0) is 168 Å². The summed E-state index contributed by atoms with van der Waals surface area (Å²) in [5, 5.41) is 5.31. The highest BCUT2D eigenvalue weighted by molar-refractivity contribution is 6.83. The van der Waals surface area contributed by atoms with E-state index in [0.717, 1.165) is 32.5 Å². The van der Waals surface area contributed by atoms with Crippen molar-refractivity contribution in [3.63, 3.8) is 0 Å². The Bertz CT molecular complexity index is 3370. The lowest BCUT2D eigenvalue weighted by Gasteiger charge is -2.42. The lowest BCUT2D eigenvalue weighted by atomic mass is 9.90. The third-order valence-electron chi connectivity index (χ3n) is 16.7. The smallest absolute Gasteiger partial charge is 0.0752 e. The first-order valence-corrected chi connectivity index (χ1v) is 30.3. The number of aromatic nitrogens is 2. The number of benzene rings is 6. The van der Waals surface area contributed by atoms with Crippen molar-refractivity contribution in [3.05, 3.63) is 155 Å². The van der Waals surface area contributed by atoms with Gasteiger partial charge in [0.15, 0.2) is 0 Å². The van der Waals surface area contributed by atoms with Crippen molar-refractivity contribution in [1.29, 1.82) is 0 Å². The van der Waals surface area contributed by atoms with Gasteiger partial charge in [0, 0.05) is 82.0 Å². The molecule has 2 aliphatic rings. The maximum atomic E-state index is 6.20. The summed E-state index contributed by atoms with van der Waals surface area (Å²) in [5.41, 5.74) is 22.1. The number of aryl methyl sites for hydroxylation is 2. The van der Waals surface area contributed by atoms with Gasteiger partial charge in [-0.25, -0.2) is 0 Å². The molecule has 0 saturated heterocycles. The Balaban J connectivity index is 1.07. The first-order valence-electron chi connectivity index (χ1n) is 27.4. The molecule has 3 atom stereocenters. The van der Waals surface area contributed by atoms with E-state index in [9.17, 15) is 0 Å². The van der Waals surface area contributed by atoms with E-state index in [0.29, 0.717) is 11.1 Å². The first-order chi connectivity index (χ1) is 34.5. The zero-order valence-corrected chi connectivity index (χ0v) is 46.5. The third-order valence-corrected chi connectivity index (χ3v) is 22.2. The fraction of sp³-hybridized carbons (Fsp3) is 0.403. The van der Waals surface area contributed by atoms with Gasteiger partial charge in [0.2, 0.25) is 0 Å². The number of rotatable bonds is 18. The molecule has 0 amide bonds. The van der Waals surface area contributed by atoms with E-state index in [-0.39, 0.29) is 11.2 Å². The predicted octanol–water partition coefficient (Wildman–Crippen LogP) is 18.7. The van der Waals surface area contributed by atoms with Crippen LogP contribution in [0.2, 0.25) is 12.6 Å². The van der Waals surface area contributed by atoms with Crippen molar-refractivity contribution in [3.8, 4) is 22.3 Å². The second kappa shape index (κ2) is 20.1. The Kier molecular flexibility index (Phi) is 14.0. The second-order valence-corrected chi connectivity index (χ2v) is 28.5. The zero-order valence-electron chi connectivity index (χ0n) is 45.5. The molecule has 5 heteroatoms. The van der Waals surface area contributed by atoms with Crippen molar-refractivity contribution in [2.45, 2.75) is 148 Å². The van der Waals surface area contributed by atoms with Gasteiger partial charge in [0.05, 0.1) is 19.3 Å². The van der Waals surface area contributed by atoms with Crippen molar-refractivity contribution in [2.75, 3.05) is 13.2 Å². The number of unbranched alkanes of at least 4 members (excludes halogenated alkanes) is 6. The standard InChI is InChI=1S/C67H80N2O2Si/c1-45-42-56-50(47-35-37-61-57(43-47)52-27-17-19-33-59(52)68(61)9)29-24-31-54(56)64(45)72(11,41-23-15-14-22-40-71-67(6,7)8)65-46(2)49(26-16-12-13-21-39-70-66(3,4)5)63-51(30-25-32-55(63)65)48-36-38-62-58(44-48)53-28-18-20-34-60(53)69(62)10/h17-20,24-25,27-38,42-44,64-65H,12-16,21-23,26,39-41H2,1-11H3. The third kappa shape index (κ3) is 9.51. The van der Waals surface area contributed by atoms with E-state index < -0.39 is 8.07 Å². The number of allylic oxidation sites excluding steroid dienone is 3. The Hall–Kier alpha value is -5.46. The lowest BCUT2D eigenvalue weighted by Crippen LogP contribution is -2.45. The summed E-state index contributed by atoms with van der Waals surface area (Å²) in [7, 11) is 2.10. The van der Waals surface area contributed by atoms with E-state index in [1.807, 2.05) is 0 Å². The second-order valence-electron chi connectivity index (χ2n) is 23.9. The van der Waals surface area contributed by atoms with Crippen LogP contribution in [0.15, 0.2) is 132 Å². The number of hydrogen-bond acceptors (Lipinski definition) is 2. The monoisotopic (exact) mass is 973 g/mol. The summed E-state index contributed by atoms with van der Waals surface area (Å²) < 4.78 is 17.1. The minimum atomic E-state index is -2.32. The van der Waals surface area contributed by atoms with Crippen LogP contribution in [0, 0.1) is 0 Å². The summed E-state index contributed by atoms with van der Waals surface area (Å²) in [6.07, 6.45) is 13.2. The number of para-hydroxylation sites is 2. The molecule has 0 bridgehead atoms. The Morgan fingerprint density at radius 2 is 1.00 bits per heavy atom. The molecule has 72 heavy (non-hydrogen) atoms. The molecule has 0 saturated carbocycles. The highest BCUT2D eigenvalue weighted by atomic mass is 28.3.